The van der Waals surface area contributed by atoms with Crippen molar-refractivity contribution in [2.75, 3.05) is 17.1 Å². The summed E-state index contributed by atoms with van der Waals surface area (Å²) in [5, 5.41) is 12.1. The number of aliphatic hydroxyl groups excluding tert-OH is 1. The number of anilines is 3. The van der Waals surface area contributed by atoms with E-state index in [-0.39, 0.29) is 23.5 Å². The molecule has 1 aliphatic rings. The largest absolute Gasteiger partial charge is 0.494 e. The maximum absolute atomic E-state index is 14.7. The SMILES string of the molecule is COc1cc(F)c(F)c(Nc2ccc(C)cc2F)c1NS(=O)(=O)C1(CC(C)O)CC1. The van der Waals surface area contributed by atoms with Crippen molar-refractivity contribution in [3.05, 3.63) is 47.3 Å². The van der Waals surface area contributed by atoms with Crippen LogP contribution >= 0.6 is 0 Å². The molecule has 1 unspecified atom stereocenters. The Labute approximate surface area is 173 Å². The van der Waals surface area contributed by atoms with Gasteiger partial charge in [0.05, 0.1) is 23.6 Å². The van der Waals surface area contributed by atoms with Crippen LogP contribution in [0.4, 0.5) is 30.2 Å². The van der Waals surface area contributed by atoms with Crippen molar-refractivity contribution in [1.29, 1.82) is 0 Å². The number of aryl methyl sites for hydroxylation is 1. The molecule has 164 valence electrons. The molecule has 0 radical (unpaired) electrons. The van der Waals surface area contributed by atoms with E-state index in [2.05, 4.69) is 10.0 Å². The number of sulfonamides is 1. The highest BCUT2D eigenvalue weighted by molar-refractivity contribution is 7.94. The fourth-order valence-corrected chi connectivity index (χ4v) is 5.13. The summed E-state index contributed by atoms with van der Waals surface area (Å²) in [4.78, 5) is 0. The lowest BCUT2D eigenvalue weighted by Crippen LogP contribution is -2.33. The Bertz CT molecular complexity index is 1070. The van der Waals surface area contributed by atoms with Crippen LogP contribution in [-0.2, 0) is 10.0 Å². The maximum atomic E-state index is 14.7. The van der Waals surface area contributed by atoms with Gasteiger partial charge in [0, 0.05) is 6.07 Å². The molecule has 0 aliphatic heterocycles. The van der Waals surface area contributed by atoms with Gasteiger partial charge in [0.25, 0.3) is 0 Å². The van der Waals surface area contributed by atoms with Crippen molar-refractivity contribution in [3.63, 3.8) is 0 Å². The van der Waals surface area contributed by atoms with Crippen molar-refractivity contribution in [1.82, 2.24) is 0 Å². The van der Waals surface area contributed by atoms with Crippen molar-refractivity contribution < 1.29 is 31.4 Å². The first kappa shape index (κ1) is 22.2. The van der Waals surface area contributed by atoms with Crippen LogP contribution < -0.4 is 14.8 Å². The summed E-state index contributed by atoms with van der Waals surface area (Å²) in [7, 11) is -2.93. The maximum Gasteiger partial charge on any atom is 0.238 e. The number of nitrogens with one attached hydrogen (secondary N) is 2. The van der Waals surface area contributed by atoms with Crippen LogP contribution in [0, 0.1) is 24.4 Å². The second kappa shape index (κ2) is 7.99. The van der Waals surface area contributed by atoms with E-state index in [9.17, 15) is 26.7 Å². The molecule has 1 saturated carbocycles. The zero-order chi connectivity index (χ0) is 22.3. The number of hydrogen-bond acceptors (Lipinski definition) is 5. The minimum absolute atomic E-state index is 0.0102. The third-order valence-corrected chi connectivity index (χ3v) is 7.26. The molecule has 1 atom stereocenters. The molecule has 1 fully saturated rings. The monoisotopic (exact) mass is 444 g/mol. The van der Waals surface area contributed by atoms with Gasteiger partial charge in [-0.1, -0.05) is 6.07 Å². The smallest absolute Gasteiger partial charge is 0.238 e. The van der Waals surface area contributed by atoms with E-state index in [0.29, 0.717) is 24.5 Å². The highest BCUT2D eigenvalue weighted by Crippen LogP contribution is 2.49. The Kier molecular flexibility index (Phi) is 5.92. The minimum atomic E-state index is -4.10. The topological polar surface area (TPSA) is 87.7 Å². The first-order valence-corrected chi connectivity index (χ1v) is 10.8. The Hall–Kier alpha value is -2.46. The molecule has 30 heavy (non-hydrogen) atoms. The van der Waals surface area contributed by atoms with Crippen LogP contribution in [0.2, 0.25) is 0 Å². The zero-order valence-corrected chi connectivity index (χ0v) is 17.5. The van der Waals surface area contributed by atoms with Gasteiger partial charge < -0.3 is 15.2 Å². The fourth-order valence-electron chi connectivity index (χ4n) is 3.34. The third kappa shape index (κ3) is 4.20. The number of halogens is 3. The average molecular weight is 444 g/mol. The van der Waals surface area contributed by atoms with Gasteiger partial charge in [-0.2, -0.15) is 0 Å². The Morgan fingerprint density at radius 2 is 1.83 bits per heavy atom. The van der Waals surface area contributed by atoms with E-state index in [4.69, 9.17) is 4.74 Å². The molecule has 3 rings (SSSR count). The summed E-state index contributed by atoms with van der Waals surface area (Å²) in [6.45, 7) is 3.14. The van der Waals surface area contributed by atoms with Crippen LogP contribution in [-0.4, -0.2) is 31.5 Å². The summed E-state index contributed by atoms with van der Waals surface area (Å²) >= 11 is 0. The van der Waals surface area contributed by atoms with Crippen molar-refractivity contribution in [2.45, 2.75) is 44.0 Å². The number of ether oxygens (including phenoxy) is 1. The zero-order valence-electron chi connectivity index (χ0n) is 16.7. The molecule has 0 aromatic heterocycles. The standard InChI is InChI=1S/C20H23F3N2O4S/c1-11-4-5-15(13(21)8-11)24-19-17(23)14(22)9-16(29-3)18(19)25-30(27,28)20(6-7-20)10-12(2)26/h4-5,8-9,12,24-26H,6-7,10H2,1-3H3. The first-order chi connectivity index (χ1) is 14.0. The summed E-state index contributed by atoms with van der Waals surface area (Å²) < 4.78 is 75.2. The molecular formula is C20H23F3N2O4S. The fraction of sp³-hybridized carbons (Fsp3) is 0.400. The van der Waals surface area contributed by atoms with Crippen molar-refractivity contribution in [3.8, 4) is 5.75 Å². The average Bonchev–Trinajstić information content (AvgIpc) is 3.43. The van der Waals surface area contributed by atoms with Crippen LogP contribution in [0.1, 0.15) is 31.7 Å². The Morgan fingerprint density at radius 3 is 2.37 bits per heavy atom. The molecule has 0 bridgehead atoms. The van der Waals surface area contributed by atoms with E-state index in [1.165, 1.54) is 26.2 Å². The van der Waals surface area contributed by atoms with Gasteiger partial charge in [0.2, 0.25) is 10.0 Å². The third-order valence-electron chi connectivity index (χ3n) is 5.07. The predicted octanol–water partition coefficient (Wildman–Crippen LogP) is 4.21. The molecule has 1 aliphatic carbocycles. The molecule has 0 amide bonds. The van der Waals surface area contributed by atoms with Gasteiger partial charge in [-0.05, 0) is 50.8 Å². The molecule has 2 aromatic rings. The van der Waals surface area contributed by atoms with Gasteiger partial charge in [0.15, 0.2) is 11.6 Å². The summed E-state index contributed by atoms with van der Waals surface area (Å²) in [6, 6.07) is 4.79. The van der Waals surface area contributed by atoms with Crippen LogP contribution in [0.3, 0.4) is 0 Å². The van der Waals surface area contributed by atoms with Gasteiger partial charge in [0.1, 0.15) is 22.9 Å². The second-order valence-electron chi connectivity index (χ2n) is 7.57. The normalized spacial score (nSPS) is 16.1. The quantitative estimate of drug-likeness (QED) is 0.568. The van der Waals surface area contributed by atoms with E-state index in [1.54, 1.807) is 13.0 Å². The highest BCUT2D eigenvalue weighted by Gasteiger charge is 2.55. The summed E-state index contributed by atoms with van der Waals surface area (Å²) in [5.41, 5.74) is -0.540. The number of rotatable bonds is 8. The molecule has 2 aromatic carbocycles. The molecular weight excluding hydrogens is 421 g/mol. The van der Waals surface area contributed by atoms with Gasteiger partial charge in [-0.15, -0.1) is 0 Å². The van der Waals surface area contributed by atoms with Crippen molar-refractivity contribution >= 4 is 27.1 Å². The Morgan fingerprint density at radius 1 is 1.17 bits per heavy atom. The lowest BCUT2D eigenvalue weighted by Gasteiger charge is -2.23. The van der Waals surface area contributed by atoms with E-state index in [0.717, 1.165) is 0 Å². The van der Waals surface area contributed by atoms with Gasteiger partial charge in [-0.3, -0.25) is 4.72 Å². The van der Waals surface area contributed by atoms with Crippen LogP contribution in [0.5, 0.6) is 5.75 Å². The number of methoxy groups -OCH3 is 1. The summed E-state index contributed by atoms with van der Waals surface area (Å²) in [5.74, 6) is -3.69. The molecule has 0 saturated heterocycles. The molecule has 3 N–H and O–H groups in total. The number of aliphatic hydroxyl groups is 1. The molecule has 0 heterocycles. The number of benzene rings is 2. The highest BCUT2D eigenvalue weighted by atomic mass is 32.2. The molecule has 10 heteroatoms. The lowest BCUT2D eigenvalue weighted by molar-refractivity contribution is 0.180. The first-order valence-electron chi connectivity index (χ1n) is 9.29. The van der Waals surface area contributed by atoms with E-state index >= 15 is 0 Å². The van der Waals surface area contributed by atoms with E-state index in [1.807, 2.05) is 0 Å². The van der Waals surface area contributed by atoms with Gasteiger partial charge >= 0.3 is 0 Å². The minimum Gasteiger partial charge on any atom is -0.494 e. The second-order valence-corrected chi connectivity index (χ2v) is 9.65. The summed E-state index contributed by atoms with van der Waals surface area (Å²) in [6.07, 6.45) is -0.248. The lowest BCUT2D eigenvalue weighted by atomic mass is 10.2. The Balaban J connectivity index is 2.08. The molecule has 6 nitrogen and oxygen atoms in total. The number of hydrogen-bond donors (Lipinski definition) is 3. The van der Waals surface area contributed by atoms with E-state index < -0.39 is 44.0 Å². The molecule has 0 spiro atoms. The predicted molar refractivity (Wildman–Crippen MR) is 108 cm³/mol. The van der Waals surface area contributed by atoms with Crippen LogP contribution in [0.15, 0.2) is 24.3 Å². The van der Waals surface area contributed by atoms with Crippen molar-refractivity contribution in [2.24, 2.45) is 0 Å². The van der Waals surface area contributed by atoms with Crippen LogP contribution in [0.25, 0.3) is 0 Å². The van der Waals surface area contributed by atoms with Gasteiger partial charge in [-0.25, -0.2) is 21.6 Å².